The van der Waals surface area contributed by atoms with Crippen molar-refractivity contribution in [1.82, 2.24) is 0 Å². The number of benzene rings is 1. The first-order chi connectivity index (χ1) is 8.83. The van der Waals surface area contributed by atoms with Gasteiger partial charge in [-0.25, -0.2) is 0 Å². The van der Waals surface area contributed by atoms with Crippen LogP contribution in [0.1, 0.15) is 44.6 Å². The summed E-state index contributed by atoms with van der Waals surface area (Å²) < 4.78 is 6.68. The summed E-state index contributed by atoms with van der Waals surface area (Å²) >= 11 is 3.45. The summed E-state index contributed by atoms with van der Waals surface area (Å²) in [5, 5.41) is 0. The van der Waals surface area contributed by atoms with Crippen LogP contribution in [-0.2, 0) is 11.3 Å². The van der Waals surface area contributed by atoms with Gasteiger partial charge in [-0.05, 0) is 24.1 Å². The lowest BCUT2D eigenvalue weighted by molar-refractivity contribution is 0.126. The maximum absolute atomic E-state index is 5.58. The second kappa shape index (κ2) is 10.2. The van der Waals surface area contributed by atoms with Crippen molar-refractivity contribution in [2.45, 2.75) is 45.6 Å². The van der Waals surface area contributed by atoms with Crippen LogP contribution in [0.5, 0.6) is 0 Å². The average molecular weight is 309 g/mol. The lowest BCUT2D eigenvalue weighted by Gasteiger charge is -2.02. The molecule has 1 rings (SSSR count). The highest BCUT2D eigenvalue weighted by Gasteiger charge is 1.93. The van der Waals surface area contributed by atoms with Gasteiger partial charge in [0.05, 0.1) is 13.2 Å². The molecule has 0 heterocycles. The van der Waals surface area contributed by atoms with Crippen molar-refractivity contribution in [2.75, 3.05) is 6.61 Å². The molecule has 0 amide bonds. The van der Waals surface area contributed by atoms with E-state index in [1.165, 1.54) is 24.8 Å². The van der Waals surface area contributed by atoms with E-state index in [2.05, 4.69) is 46.8 Å². The Balaban J connectivity index is 2.05. The molecule has 0 aromatic heterocycles. The first-order valence-corrected chi connectivity index (χ1v) is 7.40. The number of halogens is 1. The highest BCUT2D eigenvalue weighted by molar-refractivity contribution is 9.10. The molecule has 18 heavy (non-hydrogen) atoms. The number of hydrogen-bond donors (Lipinski definition) is 0. The van der Waals surface area contributed by atoms with Crippen molar-refractivity contribution >= 4 is 15.9 Å². The molecule has 0 saturated carbocycles. The topological polar surface area (TPSA) is 9.23 Å². The monoisotopic (exact) mass is 308 g/mol. The molecule has 1 aromatic carbocycles. The van der Waals surface area contributed by atoms with Gasteiger partial charge in [0.1, 0.15) is 0 Å². The fourth-order valence-corrected chi connectivity index (χ4v) is 2.03. The molecule has 0 aliphatic rings. The van der Waals surface area contributed by atoms with Crippen molar-refractivity contribution in [3.8, 4) is 11.8 Å². The Kier molecular flexibility index (Phi) is 8.63. The summed E-state index contributed by atoms with van der Waals surface area (Å²) in [6.45, 7) is 3.59. The van der Waals surface area contributed by atoms with Crippen molar-refractivity contribution in [2.24, 2.45) is 0 Å². The van der Waals surface area contributed by atoms with Crippen molar-refractivity contribution in [1.29, 1.82) is 0 Å². The number of unbranched alkanes of at least 4 members (excludes halogenated alkanes) is 3. The lowest BCUT2D eigenvalue weighted by Crippen LogP contribution is -1.94. The fraction of sp³-hybridized carbons (Fsp3) is 0.500. The largest absolute Gasteiger partial charge is 0.376 e. The Morgan fingerprint density at radius 1 is 1.17 bits per heavy atom. The van der Waals surface area contributed by atoms with Gasteiger partial charge in [0.2, 0.25) is 0 Å². The van der Waals surface area contributed by atoms with E-state index < -0.39 is 0 Å². The molecule has 0 aliphatic heterocycles. The van der Waals surface area contributed by atoms with Gasteiger partial charge in [0.15, 0.2) is 0 Å². The highest BCUT2D eigenvalue weighted by Crippen LogP contribution is 2.12. The summed E-state index contributed by atoms with van der Waals surface area (Å²) in [4.78, 5) is 0. The maximum atomic E-state index is 5.58. The third-order valence-electron chi connectivity index (χ3n) is 2.56. The van der Waals surface area contributed by atoms with E-state index in [0.29, 0.717) is 13.2 Å². The zero-order valence-electron chi connectivity index (χ0n) is 11.0. The molecule has 1 aromatic rings. The minimum atomic E-state index is 0.664. The molecule has 0 atom stereocenters. The molecule has 0 fully saturated rings. The first kappa shape index (κ1) is 15.3. The molecule has 98 valence electrons. The van der Waals surface area contributed by atoms with Crippen LogP contribution in [0.2, 0.25) is 0 Å². The van der Waals surface area contributed by atoms with E-state index in [9.17, 15) is 0 Å². The van der Waals surface area contributed by atoms with Crippen molar-refractivity contribution < 1.29 is 4.74 Å². The van der Waals surface area contributed by atoms with Crippen LogP contribution in [0.25, 0.3) is 0 Å². The van der Waals surface area contributed by atoms with Gasteiger partial charge in [-0.3, -0.25) is 0 Å². The normalized spacial score (nSPS) is 9.89. The molecular weight excluding hydrogens is 288 g/mol. The Morgan fingerprint density at radius 2 is 2.00 bits per heavy atom. The van der Waals surface area contributed by atoms with Gasteiger partial charge in [0, 0.05) is 17.3 Å². The maximum Gasteiger partial charge on any atom is 0.0717 e. The Morgan fingerprint density at radius 3 is 2.78 bits per heavy atom. The first-order valence-electron chi connectivity index (χ1n) is 6.61. The van der Waals surface area contributed by atoms with Crippen LogP contribution in [0.4, 0.5) is 0 Å². The predicted molar refractivity (Wildman–Crippen MR) is 80.3 cm³/mol. The quantitative estimate of drug-likeness (QED) is 0.512. The fourth-order valence-electron chi connectivity index (χ4n) is 1.58. The third-order valence-corrected chi connectivity index (χ3v) is 3.05. The SMILES string of the molecule is CCCCCC#CCCOCc1cccc(Br)c1. The molecule has 0 unspecified atom stereocenters. The van der Waals surface area contributed by atoms with Crippen LogP contribution in [-0.4, -0.2) is 6.61 Å². The standard InChI is InChI=1S/C16H21BrO/c1-2-3-4-5-6-7-8-12-18-14-15-10-9-11-16(17)13-15/h9-11,13H,2-5,8,12,14H2,1H3. The van der Waals surface area contributed by atoms with Crippen LogP contribution >= 0.6 is 15.9 Å². The van der Waals surface area contributed by atoms with E-state index >= 15 is 0 Å². The summed E-state index contributed by atoms with van der Waals surface area (Å²) in [5.74, 6) is 6.35. The number of hydrogen-bond acceptors (Lipinski definition) is 1. The summed E-state index contributed by atoms with van der Waals surface area (Å²) in [7, 11) is 0. The molecule has 2 heteroatoms. The Bertz CT molecular complexity index is 390. The molecule has 0 N–H and O–H groups in total. The second-order valence-corrected chi connectivity index (χ2v) is 5.16. The van der Waals surface area contributed by atoms with Crippen LogP contribution in [0.15, 0.2) is 28.7 Å². The molecule has 0 spiro atoms. The number of rotatable bonds is 7. The second-order valence-electron chi connectivity index (χ2n) is 4.24. The molecular formula is C16H21BrO. The molecule has 0 bridgehead atoms. The van der Waals surface area contributed by atoms with E-state index in [1.54, 1.807) is 0 Å². The molecule has 0 saturated heterocycles. The average Bonchev–Trinajstić information content (AvgIpc) is 2.37. The predicted octanol–water partition coefficient (Wildman–Crippen LogP) is 4.94. The van der Waals surface area contributed by atoms with Gasteiger partial charge in [0.25, 0.3) is 0 Å². The minimum Gasteiger partial charge on any atom is -0.376 e. The Labute approximate surface area is 119 Å². The summed E-state index contributed by atoms with van der Waals surface area (Å²) in [6, 6.07) is 8.19. The van der Waals surface area contributed by atoms with Crippen molar-refractivity contribution in [3.05, 3.63) is 34.3 Å². The highest BCUT2D eigenvalue weighted by atomic mass is 79.9. The van der Waals surface area contributed by atoms with Crippen LogP contribution in [0.3, 0.4) is 0 Å². The van der Waals surface area contributed by atoms with Crippen LogP contribution < -0.4 is 0 Å². The van der Waals surface area contributed by atoms with Gasteiger partial charge < -0.3 is 4.74 Å². The minimum absolute atomic E-state index is 0.664. The smallest absolute Gasteiger partial charge is 0.0717 e. The van der Waals surface area contributed by atoms with Gasteiger partial charge in [-0.1, -0.05) is 47.8 Å². The van der Waals surface area contributed by atoms with Crippen molar-refractivity contribution in [3.63, 3.8) is 0 Å². The van der Waals surface area contributed by atoms with Gasteiger partial charge in [-0.2, -0.15) is 0 Å². The lowest BCUT2D eigenvalue weighted by atomic mass is 10.2. The third kappa shape index (κ3) is 7.53. The zero-order chi connectivity index (χ0) is 13.1. The summed E-state index contributed by atoms with van der Waals surface area (Å²) in [6.07, 6.45) is 5.63. The van der Waals surface area contributed by atoms with Gasteiger partial charge in [-0.15, -0.1) is 11.8 Å². The van der Waals surface area contributed by atoms with E-state index in [0.717, 1.165) is 17.3 Å². The van der Waals surface area contributed by atoms with Gasteiger partial charge >= 0.3 is 0 Å². The summed E-state index contributed by atoms with van der Waals surface area (Å²) in [5.41, 5.74) is 1.19. The number of ether oxygens (including phenoxy) is 1. The molecule has 0 aliphatic carbocycles. The van der Waals surface area contributed by atoms with Crippen LogP contribution in [0, 0.1) is 11.8 Å². The Hall–Kier alpha value is -0.780. The van der Waals surface area contributed by atoms with E-state index in [1.807, 2.05) is 12.1 Å². The van der Waals surface area contributed by atoms with E-state index in [-0.39, 0.29) is 0 Å². The molecule has 1 nitrogen and oxygen atoms in total. The molecule has 0 radical (unpaired) electrons. The van der Waals surface area contributed by atoms with E-state index in [4.69, 9.17) is 4.74 Å². The zero-order valence-corrected chi connectivity index (χ0v) is 12.6.